The number of hydrogen-bond acceptors (Lipinski definition) is 3. The Hall–Kier alpha value is -3.47. The Morgan fingerprint density at radius 3 is 1.94 bits per heavy atom. The molecule has 3 aromatic carbocycles. The lowest BCUT2D eigenvalue weighted by molar-refractivity contribution is 0.0642. The van der Waals surface area contributed by atoms with Crippen LogP contribution in [0.1, 0.15) is 26.3 Å². The van der Waals surface area contributed by atoms with E-state index in [0.717, 1.165) is 27.9 Å². The SMILES string of the molecule is O=C1c2ccccc2C(=O)N1Cc1cnc(-c2ccc(Cl)cc2)c(-c2ccccc2Cl)c1. The third-order valence-corrected chi connectivity index (χ3v) is 6.03. The van der Waals surface area contributed by atoms with E-state index in [9.17, 15) is 9.59 Å². The molecular formula is C26H16Cl2N2O2. The van der Waals surface area contributed by atoms with Crippen molar-refractivity contribution in [2.45, 2.75) is 6.54 Å². The summed E-state index contributed by atoms with van der Waals surface area (Å²) in [4.78, 5) is 31.5. The second kappa shape index (κ2) is 8.23. The normalized spacial score (nSPS) is 12.9. The van der Waals surface area contributed by atoms with E-state index in [0.29, 0.717) is 21.2 Å². The molecule has 0 spiro atoms. The highest BCUT2D eigenvalue weighted by Crippen LogP contribution is 2.36. The lowest BCUT2D eigenvalue weighted by Gasteiger charge is -2.17. The van der Waals surface area contributed by atoms with Crippen LogP contribution in [0.5, 0.6) is 0 Å². The summed E-state index contributed by atoms with van der Waals surface area (Å²) in [5.74, 6) is -0.599. The zero-order valence-corrected chi connectivity index (χ0v) is 18.3. The Kier molecular flexibility index (Phi) is 5.25. The summed E-state index contributed by atoms with van der Waals surface area (Å²) in [6.07, 6.45) is 1.69. The Morgan fingerprint density at radius 2 is 1.31 bits per heavy atom. The minimum atomic E-state index is -0.299. The van der Waals surface area contributed by atoms with Crippen LogP contribution in [0.4, 0.5) is 0 Å². The Balaban J connectivity index is 1.58. The van der Waals surface area contributed by atoms with Crippen LogP contribution in [-0.4, -0.2) is 21.7 Å². The fraction of sp³-hybridized carbons (Fsp3) is 0.0385. The Morgan fingerprint density at radius 1 is 0.719 bits per heavy atom. The van der Waals surface area contributed by atoms with E-state index in [-0.39, 0.29) is 18.4 Å². The van der Waals surface area contributed by atoms with Crippen molar-refractivity contribution in [1.82, 2.24) is 9.88 Å². The number of imide groups is 1. The second-order valence-corrected chi connectivity index (χ2v) is 8.31. The number of benzene rings is 3. The van der Waals surface area contributed by atoms with Crippen LogP contribution in [-0.2, 0) is 6.54 Å². The van der Waals surface area contributed by atoms with E-state index in [1.165, 1.54) is 4.90 Å². The number of rotatable bonds is 4. The molecule has 4 nitrogen and oxygen atoms in total. The monoisotopic (exact) mass is 458 g/mol. The van der Waals surface area contributed by atoms with Gasteiger partial charge in [-0.2, -0.15) is 0 Å². The molecule has 32 heavy (non-hydrogen) atoms. The Bertz CT molecular complexity index is 1330. The number of hydrogen-bond donors (Lipinski definition) is 0. The van der Waals surface area contributed by atoms with Gasteiger partial charge in [0.05, 0.1) is 23.4 Å². The van der Waals surface area contributed by atoms with Crippen molar-refractivity contribution in [3.05, 3.63) is 112 Å². The van der Waals surface area contributed by atoms with Gasteiger partial charge < -0.3 is 0 Å². The molecule has 1 aliphatic rings. The van der Waals surface area contributed by atoms with Gasteiger partial charge in [0.25, 0.3) is 11.8 Å². The van der Waals surface area contributed by atoms with Crippen molar-refractivity contribution in [3.63, 3.8) is 0 Å². The van der Waals surface area contributed by atoms with Gasteiger partial charge in [0.2, 0.25) is 0 Å². The molecule has 156 valence electrons. The van der Waals surface area contributed by atoms with Gasteiger partial charge in [-0.1, -0.05) is 65.7 Å². The van der Waals surface area contributed by atoms with Crippen LogP contribution >= 0.6 is 23.2 Å². The molecule has 0 radical (unpaired) electrons. The smallest absolute Gasteiger partial charge is 0.261 e. The second-order valence-electron chi connectivity index (χ2n) is 7.47. The van der Waals surface area contributed by atoms with Crippen molar-refractivity contribution in [2.75, 3.05) is 0 Å². The lowest BCUT2D eigenvalue weighted by atomic mass is 9.97. The van der Waals surface area contributed by atoms with Crippen LogP contribution in [0.3, 0.4) is 0 Å². The molecule has 0 N–H and O–H groups in total. The van der Waals surface area contributed by atoms with Crippen LogP contribution in [0.25, 0.3) is 22.4 Å². The molecule has 2 heterocycles. The summed E-state index contributed by atoms with van der Waals surface area (Å²) in [7, 11) is 0. The predicted octanol–water partition coefficient (Wildman–Crippen LogP) is 6.52. The maximum atomic E-state index is 12.8. The van der Waals surface area contributed by atoms with Crippen molar-refractivity contribution in [1.29, 1.82) is 0 Å². The highest BCUT2D eigenvalue weighted by Gasteiger charge is 2.35. The standard InChI is InChI=1S/C26H16Cl2N2O2/c27-18-11-9-17(10-12-18)24-22(19-5-3-4-8-23(19)28)13-16(14-29-24)15-30-25(31)20-6-1-2-7-21(20)26(30)32/h1-14H,15H2. The summed E-state index contributed by atoms with van der Waals surface area (Å²) >= 11 is 12.6. The van der Waals surface area contributed by atoms with E-state index in [1.54, 1.807) is 30.5 Å². The maximum absolute atomic E-state index is 12.8. The predicted molar refractivity (Wildman–Crippen MR) is 126 cm³/mol. The fourth-order valence-electron chi connectivity index (χ4n) is 3.88. The first-order chi connectivity index (χ1) is 15.5. The molecule has 0 unspecified atom stereocenters. The molecule has 0 bridgehead atoms. The van der Waals surface area contributed by atoms with Gasteiger partial charge >= 0.3 is 0 Å². The van der Waals surface area contributed by atoms with Crippen molar-refractivity contribution in [3.8, 4) is 22.4 Å². The quantitative estimate of drug-likeness (QED) is 0.327. The molecule has 6 heteroatoms. The first-order valence-corrected chi connectivity index (χ1v) is 10.7. The zero-order chi connectivity index (χ0) is 22.2. The maximum Gasteiger partial charge on any atom is 0.261 e. The molecule has 0 saturated carbocycles. The van der Waals surface area contributed by atoms with E-state index in [2.05, 4.69) is 4.98 Å². The third-order valence-electron chi connectivity index (χ3n) is 5.44. The topological polar surface area (TPSA) is 50.3 Å². The molecule has 1 aliphatic heterocycles. The number of nitrogens with zero attached hydrogens (tertiary/aromatic N) is 2. The summed E-state index contributed by atoms with van der Waals surface area (Å²) < 4.78 is 0. The van der Waals surface area contributed by atoms with E-state index in [1.807, 2.05) is 54.6 Å². The largest absolute Gasteiger partial charge is 0.270 e. The van der Waals surface area contributed by atoms with Crippen LogP contribution in [0.15, 0.2) is 85.1 Å². The van der Waals surface area contributed by atoms with Gasteiger partial charge in [0.1, 0.15) is 0 Å². The van der Waals surface area contributed by atoms with Gasteiger partial charge in [-0.15, -0.1) is 0 Å². The minimum Gasteiger partial charge on any atom is -0.270 e. The van der Waals surface area contributed by atoms with Crippen molar-refractivity contribution < 1.29 is 9.59 Å². The summed E-state index contributed by atoms with van der Waals surface area (Å²) in [5.41, 5.74) is 4.83. The average molecular weight is 459 g/mol. The third kappa shape index (κ3) is 3.58. The van der Waals surface area contributed by atoms with Crippen LogP contribution < -0.4 is 0 Å². The van der Waals surface area contributed by atoms with Crippen LogP contribution in [0, 0.1) is 0 Å². The number of pyridine rings is 1. The van der Waals surface area contributed by atoms with E-state index < -0.39 is 0 Å². The highest BCUT2D eigenvalue weighted by atomic mass is 35.5. The first-order valence-electron chi connectivity index (χ1n) is 9.98. The number of amides is 2. The molecule has 1 aromatic heterocycles. The number of halogens is 2. The summed E-state index contributed by atoms with van der Waals surface area (Å²) in [6, 6.07) is 23.7. The summed E-state index contributed by atoms with van der Waals surface area (Å²) in [6.45, 7) is 0.123. The molecule has 0 fully saturated rings. The average Bonchev–Trinajstić information content (AvgIpc) is 3.05. The minimum absolute atomic E-state index is 0.123. The van der Waals surface area contributed by atoms with Crippen LogP contribution in [0.2, 0.25) is 10.0 Å². The van der Waals surface area contributed by atoms with E-state index >= 15 is 0 Å². The van der Waals surface area contributed by atoms with Crippen molar-refractivity contribution in [2.24, 2.45) is 0 Å². The number of carbonyl (C=O) groups is 2. The molecular weight excluding hydrogens is 443 g/mol. The Labute approximate surface area is 195 Å². The van der Waals surface area contributed by atoms with Gasteiger partial charge in [0, 0.05) is 32.9 Å². The number of fused-ring (bicyclic) bond motifs is 1. The van der Waals surface area contributed by atoms with E-state index in [4.69, 9.17) is 23.2 Å². The fourth-order valence-corrected chi connectivity index (χ4v) is 4.25. The molecule has 0 aliphatic carbocycles. The lowest BCUT2D eigenvalue weighted by Crippen LogP contribution is -2.29. The molecule has 5 rings (SSSR count). The zero-order valence-electron chi connectivity index (χ0n) is 16.8. The first kappa shape index (κ1) is 20.4. The number of carbonyl (C=O) groups excluding carboxylic acids is 2. The molecule has 2 amide bonds. The molecule has 4 aromatic rings. The highest BCUT2D eigenvalue weighted by molar-refractivity contribution is 6.33. The number of aromatic nitrogens is 1. The van der Waals surface area contributed by atoms with Crippen molar-refractivity contribution >= 4 is 35.0 Å². The van der Waals surface area contributed by atoms with Gasteiger partial charge in [-0.3, -0.25) is 19.5 Å². The van der Waals surface area contributed by atoms with Gasteiger partial charge in [0.15, 0.2) is 0 Å². The van der Waals surface area contributed by atoms with Gasteiger partial charge in [-0.25, -0.2) is 0 Å². The van der Waals surface area contributed by atoms with Gasteiger partial charge in [-0.05, 0) is 42.0 Å². The molecule has 0 saturated heterocycles. The molecule has 0 atom stereocenters. The summed E-state index contributed by atoms with van der Waals surface area (Å²) in [5, 5.41) is 1.22.